The Morgan fingerprint density at radius 1 is 1.00 bits per heavy atom. The molecule has 1 aromatic heterocycles. The Labute approximate surface area is 217 Å². The number of amides is 1. The highest BCUT2D eigenvalue weighted by molar-refractivity contribution is 6.00. The van der Waals surface area contributed by atoms with Crippen molar-refractivity contribution >= 4 is 39.8 Å². The molecule has 0 saturated carbocycles. The third kappa shape index (κ3) is 5.03. The van der Waals surface area contributed by atoms with Gasteiger partial charge in [-0.05, 0) is 43.5 Å². The van der Waals surface area contributed by atoms with Crippen LogP contribution in [-0.2, 0) is 4.79 Å². The lowest BCUT2D eigenvalue weighted by Crippen LogP contribution is -2.44. The molecule has 1 amide bonds. The Kier molecular flexibility index (Phi) is 6.97. The summed E-state index contributed by atoms with van der Waals surface area (Å²) in [5.41, 5.74) is 1.52. The number of aromatic nitrogens is 2. The molecule has 2 heterocycles. The molecule has 0 atom stereocenters. The highest BCUT2D eigenvalue weighted by atomic mass is 19.2. The van der Waals surface area contributed by atoms with Crippen LogP contribution in [0.5, 0.6) is 0 Å². The summed E-state index contributed by atoms with van der Waals surface area (Å²) in [4.78, 5) is 24.4. The van der Waals surface area contributed by atoms with Gasteiger partial charge in [0.15, 0.2) is 11.6 Å². The number of anilines is 4. The highest BCUT2D eigenvalue weighted by Crippen LogP contribution is 2.33. The lowest BCUT2D eigenvalue weighted by Gasteiger charge is -2.34. The van der Waals surface area contributed by atoms with Gasteiger partial charge in [-0.3, -0.25) is 4.79 Å². The van der Waals surface area contributed by atoms with E-state index in [2.05, 4.69) is 32.1 Å². The van der Waals surface area contributed by atoms with Gasteiger partial charge in [0, 0.05) is 54.6 Å². The number of para-hydroxylation sites is 1. The molecule has 0 bridgehead atoms. The summed E-state index contributed by atoms with van der Waals surface area (Å²) in [5, 5.41) is 5.98. The first-order valence-corrected chi connectivity index (χ1v) is 12.0. The summed E-state index contributed by atoms with van der Waals surface area (Å²) in [7, 11) is 1.99. The minimum absolute atomic E-state index is 0.0205. The van der Waals surface area contributed by atoms with Gasteiger partial charge in [-0.25, -0.2) is 23.1 Å². The fourth-order valence-electron chi connectivity index (χ4n) is 4.38. The molecule has 0 radical (unpaired) electrons. The van der Waals surface area contributed by atoms with E-state index in [1.54, 1.807) is 18.2 Å². The second-order valence-corrected chi connectivity index (χ2v) is 9.00. The van der Waals surface area contributed by atoms with Gasteiger partial charge in [0.2, 0.25) is 11.9 Å². The molecule has 1 fully saturated rings. The number of carbonyl (C=O) groups excluding carboxylic acids is 1. The van der Waals surface area contributed by atoms with Gasteiger partial charge >= 0.3 is 0 Å². The molecule has 2 N–H and O–H groups in total. The van der Waals surface area contributed by atoms with Crippen LogP contribution in [0.25, 0.3) is 22.0 Å². The zero-order chi connectivity index (χ0) is 26.8. The number of benzene rings is 3. The lowest BCUT2D eigenvalue weighted by atomic mass is 10.0. The molecule has 7 nitrogen and oxygen atoms in total. The second-order valence-electron chi connectivity index (χ2n) is 9.00. The quantitative estimate of drug-likeness (QED) is 0.336. The molecule has 0 aliphatic carbocycles. The summed E-state index contributed by atoms with van der Waals surface area (Å²) in [6.45, 7) is 6.15. The van der Waals surface area contributed by atoms with E-state index in [0.29, 0.717) is 35.2 Å². The van der Waals surface area contributed by atoms with Gasteiger partial charge in [0.05, 0.1) is 16.9 Å². The SMILES string of the molecule is C=CC(=O)Nc1ccc(F)c(-c2cccc3cnc(Nc4ccc(N5CCN(C)CC5)c(F)c4F)nc23)c1. The summed E-state index contributed by atoms with van der Waals surface area (Å²) in [6, 6.07) is 12.3. The van der Waals surface area contributed by atoms with Crippen LogP contribution >= 0.6 is 0 Å². The molecule has 1 aliphatic rings. The Morgan fingerprint density at radius 2 is 1.79 bits per heavy atom. The van der Waals surface area contributed by atoms with E-state index >= 15 is 4.39 Å². The second kappa shape index (κ2) is 10.5. The summed E-state index contributed by atoms with van der Waals surface area (Å²) in [6.07, 6.45) is 2.63. The summed E-state index contributed by atoms with van der Waals surface area (Å²) >= 11 is 0. The van der Waals surface area contributed by atoms with E-state index < -0.39 is 23.4 Å². The van der Waals surface area contributed by atoms with E-state index in [-0.39, 0.29) is 22.9 Å². The Balaban J connectivity index is 1.48. The normalized spacial score (nSPS) is 13.9. The Morgan fingerprint density at radius 3 is 2.55 bits per heavy atom. The fourth-order valence-corrected chi connectivity index (χ4v) is 4.38. The number of halogens is 3. The van der Waals surface area contributed by atoms with Gasteiger partial charge in [0.25, 0.3) is 0 Å². The minimum Gasteiger partial charge on any atom is -0.367 e. The van der Waals surface area contributed by atoms with Crippen molar-refractivity contribution in [2.45, 2.75) is 0 Å². The van der Waals surface area contributed by atoms with E-state index in [1.807, 2.05) is 11.9 Å². The van der Waals surface area contributed by atoms with Crippen LogP contribution < -0.4 is 15.5 Å². The van der Waals surface area contributed by atoms with Gasteiger partial charge in [-0.15, -0.1) is 0 Å². The van der Waals surface area contributed by atoms with Crippen molar-refractivity contribution in [3.63, 3.8) is 0 Å². The first-order chi connectivity index (χ1) is 18.3. The first-order valence-electron chi connectivity index (χ1n) is 12.0. The molecule has 0 spiro atoms. The van der Waals surface area contributed by atoms with Crippen molar-refractivity contribution in [1.82, 2.24) is 14.9 Å². The molecule has 4 aromatic rings. The predicted molar refractivity (Wildman–Crippen MR) is 143 cm³/mol. The zero-order valence-corrected chi connectivity index (χ0v) is 20.6. The van der Waals surface area contributed by atoms with Crippen LogP contribution in [0.1, 0.15) is 0 Å². The van der Waals surface area contributed by atoms with E-state index in [9.17, 15) is 13.6 Å². The van der Waals surface area contributed by atoms with Crippen LogP contribution in [0, 0.1) is 17.5 Å². The van der Waals surface area contributed by atoms with Crippen LogP contribution in [0.2, 0.25) is 0 Å². The molecule has 194 valence electrons. The number of fused-ring (bicyclic) bond motifs is 1. The molecular formula is C28H25F3N6O. The Hall–Kier alpha value is -4.44. The standard InChI is InChI=1S/C28H25F3N6O/c1-3-24(38)33-18-7-8-21(29)20(15-18)19-6-4-5-17-16-32-28(35-27(17)19)34-22-9-10-23(26(31)25(22)30)37-13-11-36(2)12-14-37/h3-10,15-16H,1,11-14H2,2H3,(H,33,38)(H,32,34,35). The molecule has 38 heavy (non-hydrogen) atoms. The lowest BCUT2D eigenvalue weighted by molar-refractivity contribution is -0.111. The van der Waals surface area contributed by atoms with Crippen molar-refractivity contribution in [2.75, 3.05) is 48.8 Å². The fraction of sp³-hybridized carbons (Fsp3) is 0.179. The molecule has 1 saturated heterocycles. The number of piperazine rings is 1. The zero-order valence-electron chi connectivity index (χ0n) is 20.6. The molecule has 5 rings (SSSR count). The van der Waals surface area contributed by atoms with Gasteiger partial charge in [-0.2, -0.15) is 0 Å². The van der Waals surface area contributed by atoms with Crippen molar-refractivity contribution < 1.29 is 18.0 Å². The largest absolute Gasteiger partial charge is 0.367 e. The number of nitrogens with zero attached hydrogens (tertiary/aromatic N) is 4. The third-order valence-electron chi connectivity index (χ3n) is 6.47. The average molecular weight is 519 g/mol. The maximum absolute atomic E-state index is 15.0. The third-order valence-corrected chi connectivity index (χ3v) is 6.47. The van der Waals surface area contributed by atoms with E-state index in [1.165, 1.54) is 36.5 Å². The Bertz CT molecular complexity index is 1540. The van der Waals surface area contributed by atoms with Crippen molar-refractivity contribution in [3.8, 4) is 11.1 Å². The van der Waals surface area contributed by atoms with Gasteiger partial charge < -0.3 is 20.4 Å². The average Bonchev–Trinajstić information content (AvgIpc) is 2.93. The number of hydrogen-bond acceptors (Lipinski definition) is 6. The van der Waals surface area contributed by atoms with E-state index in [4.69, 9.17) is 0 Å². The maximum Gasteiger partial charge on any atom is 0.247 e. The molecule has 10 heteroatoms. The van der Waals surface area contributed by atoms with Crippen molar-refractivity contribution in [2.24, 2.45) is 0 Å². The van der Waals surface area contributed by atoms with Crippen LogP contribution in [0.15, 0.2) is 67.4 Å². The molecule has 1 aliphatic heterocycles. The topological polar surface area (TPSA) is 73.4 Å². The first kappa shape index (κ1) is 25.2. The molecule has 3 aromatic carbocycles. The summed E-state index contributed by atoms with van der Waals surface area (Å²) < 4.78 is 44.9. The number of carbonyl (C=O) groups is 1. The predicted octanol–water partition coefficient (Wildman–Crippen LogP) is 5.33. The highest BCUT2D eigenvalue weighted by Gasteiger charge is 2.22. The maximum atomic E-state index is 15.0. The van der Waals surface area contributed by atoms with Crippen LogP contribution in [-0.4, -0.2) is 54.0 Å². The number of hydrogen-bond donors (Lipinski definition) is 2. The minimum atomic E-state index is -1.03. The number of likely N-dealkylation sites (N-methyl/N-ethyl adjacent to an activating group) is 1. The molecule has 0 unspecified atom stereocenters. The monoisotopic (exact) mass is 518 g/mol. The van der Waals surface area contributed by atoms with E-state index in [0.717, 1.165) is 19.2 Å². The van der Waals surface area contributed by atoms with Gasteiger partial charge in [-0.1, -0.05) is 24.8 Å². The number of rotatable bonds is 6. The van der Waals surface area contributed by atoms with Crippen molar-refractivity contribution in [1.29, 1.82) is 0 Å². The summed E-state index contributed by atoms with van der Waals surface area (Å²) in [5.74, 6) is -2.90. The van der Waals surface area contributed by atoms with Crippen LogP contribution in [0.4, 0.5) is 36.2 Å². The van der Waals surface area contributed by atoms with Crippen molar-refractivity contribution in [3.05, 3.63) is 84.8 Å². The smallest absolute Gasteiger partial charge is 0.247 e. The molecular weight excluding hydrogens is 493 g/mol. The van der Waals surface area contributed by atoms with Gasteiger partial charge in [0.1, 0.15) is 5.82 Å². The number of nitrogens with one attached hydrogen (secondary N) is 2. The van der Waals surface area contributed by atoms with Crippen LogP contribution in [0.3, 0.4) is 0 Å².